The summed E-state index contributed by atoms with van der Waals surface area (Å²) in [5, 5.41) is 13.0. The van der Waals surface area contributed by atoms with Crippen LogP contribution in [-0.2, 0) is 24.1 Å². The number of nitrogens with zero attached hydrogens (tertiary/aromatic N) is 2. The minimum atomic E-state index is -0.370. The highest BCUT2D eigenvalue weighted by atomic mass is 32.1. The van der Waals surface area contributed by atoms with E-state index in [1.165, 1.54) is 15.9 Å². The Hall–Kier alpha value is -3.91. The number of methoxy groups -OCH3 is 1. The zero-order valence-electron chi connectivity index (χ0n) is 21.7. The van der Waals surface area contributed by atoms with Gasteiger partial charge in [-0.2, -0.15) is 0 Å². The number of esters is 1. The van der Waals surface area contributed by atoms with Crippen LogP contribution in [0.4, 0.5) is 5.00 Å². The standard InChI is InChI=1S/C30H30N2O5S/c1-4-37-30(35)26-23-14-9-18(2)15-25(23)38-27(26)31-16-24-21-7-5-6-8-22(21)28(33)32(29(24)34)17-19-10-12-20(36-3)13-11-19/h5-8,10-13,16,18,34H,4,9,14-15,17H2,1-3H3. The van der Waals surface area contributed by atoms with Gasteiger partial charge in [-0.15, -0.1) is 11.3 Å². The van der Waals surface area contributed by atoms with Gasteiger partial charge in [-0.1, -0.05) is 37.3 Å². The number of aromatic hydroxyl groups is 1. The van der Waals surface area contributed by atoms with Gasteiger partial charge >= 0.3 is 5.97 Å². The number of benzene rings is 2. The predicted molar refractivity (Wildman–Crippen MR) is 151 cm³/mol. The van der Waals surface area contributed by atoms with Crippen LogP contribution in [0.1, 0.15) is 52.2 Å². The molecule has 0 saturated carbocycles. The summed E-state index contributed by atoms with van der Waals surface area (Å²) in [6.45, 7) is 4.47. The molecule has 1 atom stereocenters. The van der Waals surface area contributed by atoms with Crippen LogP contribution in [0.3, 0.4) is 0 Å². The van der Waals surface area contributed by atoms with Crippen LogP contribution in [0.15, 0.2) is 58.3 Å². The maximum Gasteiger partial charge on any atom is 0.341 e. The summed E-state index contributed by atoms with van der Waals surface area (Å²) in [5.41, 5.74) is 2.51. The van der Waals surface area contributed by atoms with Crippen molar-refractivity contribution in [3.05, 3.63) is 86.0 Å². The van der Waals surface area contributed by atoms with Gasteiger partial charge in [0.2, 0.25) is 5.88 Å². The van der Waals surface area contributed by atoms with Crippen LogP contribution >= 0.6 is 11.3 Å². The van der Waals surface area contributed by atoms with Crippen molar-refractivity contribution >= 4 is 39.3 Å². The fourth-order valence-electron chi connectivity index (χ4n) is 4.96. The molecule has 1 unspecified atom stereocenters. The molecule has 0 bridgehead atoms. The molecule has 2 heterocycles. The second kappa shape index (κ2) is 10.8. The Morgan fingerprint density at radius 2 is 1.92 bits per heavy atom. The first kappa shape index (κ1) is 25.7. The van der Waals surface area contributed by atoms with E-state index >= 15 is 0 Å². The van der Waals surface area contributed by atoms with Gasteiger partial charge in [0.1, 0.15) is 10.8 Å². The molecule has 0 fully saturated rings. The lowest BCUT2D eigenvalue weighted by Gasteiger charge is -2.18. The zero-order chi connectivity index (χ0) is 26.8. The Kier molecular flexibility index (Phi) is 7.33. The minimum Gasteiger partial charge on any atom is -0.497 e. The van der Waals surface area contributed by atoms with Crippen molar-refractivity contribution in [2.75, 3.05) is 13.7 Å². The van der Waals surface area contributed by atoms with E-state index in [1.807, 2.05) is 30.3 Å². The lowest BCUT2D eigenvalue weighted by molar-refractivity contribution is 0.0526. The molecule has 8 heteroatoms. The molecule has 0 aliphatic heterocycles. The molecular formula is C30H30N2O5S. The van der Waals surface area contributed by atoms with Gasteiger partial charge in [-0.25, -0.2) is 9.79 Å². The molecule has 196 valence electrons. The Bertz CT molecular complexity index is 1580. The molecule has 1 N–H and O–H groups in total. The second-order valence-corrected chi connectivity index (χ2v) is 10.6. The maximum absolute atomic E-state index is 13.4. The molecule has 7 nitrogen and oxygen atoms in total. The lowest BCUT2D eigenvalue weighted by atomic mass is 9.88. The number of carbonyl (C=O) groups excluding carboxylic acids is 1. The maximum atomic E-state index is 13.4. The number of aromatic nitrogens is 1. The Morgan fingerprint density at radius 1 is 1.18 bits per heavy atom. The van der Waals surface area contributed by atoms with Crippen molar-refractivity contribution in [2.24, 2.45) is 10.9 Å². The van der Waals surface area contributed by atoms with Crippen LogP contribution < -0.4 is 10.3 Å². The van der Waals surface area contributed by atoms with Crippen LogP contribution in [0.25, 0.3) is 10.8 Å². The third-order valence-electron chi connectivity index (χ3n) is 6.97. The first-order chi connectivity index (χ1) is 18.4. The molecule has 0 spiro atoms. The van der Waals surface area contributed by atoms with Gasteiger partial charge in [-0.05, 0) is 61.4 Å². The highest BCUT2D eigenvalue weighted by molar-refractivity contribution is 7.16. The van der Waals surface area contributed by atoms with E-state index in [0.717, 1.165) is 35.3 Å². The van der Waals surface area contributed by atoms with E-state index in [2.05, 4.69) is 6.92 Å². The van der Waals surface area contributed by atoms with E-state index in [1.54, 1.807) is 38.4 Å². The normalized spacial score (nSPS) is 15.1. The predicted octanol–water partition coefficient (Wildman–Crippen LogP) is 5.88. The smallest absolute Gasteiger partial charge is 0.341 e. The van der Waals surface area contributed by atoms with Gasteiger partial charge < -0.3 is 14.6 Å². The van der Waals surface area contributed by atoms with E-state index in [9.17, 15) is 14.7 Å². The van der Waals surface area contributed by atoms with Gasteiger partial charge in [0.05, 0.1) is 31.4 Å². The van der Waals surface area contributed by atoms with E-state index < -0.39 is 0 Å². The molecule has 0 amide bonds. The average Bonchev–Trinajstić information content (AvgIpc) is 3.29. The molecule has 1 aliphatic rings. The molecule has 2 aromatic carbocycles. The van der Waals surface area contributed by atoms with Crippen molar-refractivity contribution in [1.82, 2.24) is 4.57 Å². The topological polar surface area (TPSA) is 90.1 Å². The van der Waals surface area contributed by atoms with Crippen molar-refractivity contribution in [2.45, 2.75) is 39.7 Å². The Labute approximate surface area is 225 Å². The summed E-state index contributed by atoms with van der Waals surface area (Å²) in [4.78, 5) is 32.2. The first-order valence-corrected chi connectivity index (χ1v) is 13.6. The fraction of sp³-hybridized carbons (Fsp3) is 0.300. The van der Waals surface area contributed by atoms with Crippen molar-refractivity contribution < 1.29 is 19.4 Å². The molecule has 5 rings (SSSR count). The largest absolute Gasteiger partial charge is 0.497 e. The van der Waals surface area contributed by atoms with Gasteiger partial charge in [0.25, 0.3) is 5.56 Å². The van der Waals surface area contributed by atoms with Gasteiger partial charge in [0, 0.05) is 21.9 Å². The molecule has 4 aromatic rings. The zero-order valence-corrected chi connectivity index (χ0v) is 22.5. The molecule has 1 aliphatic carbocycles. The number of hydrogen-bond donors (Lipinski definition) is 1. The minimum absolute atomic E-state index is 0.180. The summed E-state index contributed by atoms with van der Waals surface area (Å²) in [6.07, 6.45) is 4.30. The van der Waals surface area contributed by atoms with Gasteiger partial charge in [0.15, 0.2) is 0 Å². The summed E-state index contributed by atoms with van der Waals surface area (Å²) in [5.74, 6) is 0.704. The number of thiophene rings is 1. The summed E-state index contributed by atoms with van der Waals surface area (Å²) in [7, 11) is 1.60. The van der Waals surface area contributed by atoms with E-state index in [0.29, 0.717) is 38.6 Å². The first-order valence-electron chi connectivity index (χ1n) is 12.7. The Balaban J connectivity index is 1.62. The number of fused-ring (bicyclic) bond motifs is 2. The highest BCUT2D eigenvalue weighted by Gasteiger charge is 2.28. The van der Waals surface area contributed by atoms with E-state index in [-0.39, 0.29) is 30.6 Å². The third-order valence-corrected chi connectivity index (χ3v) is 8.14. The number of carbonyl (C=O) groups is 1. The van der Waals surface area contributed by atoms with Crippen molar-refractivity contribution in [1.29, 1.82) is 0 Å². The fourth-order valence-corrected chi connectivity index (χ4v) is 6.31. The van der Waals surface area contributed by atoms with Gasteiger partial charge in [-0.3, -0.25) is 9.36 Å². The number of hydrogen-bond acceptors (Lipinski definition) is 7. The SMILES string of the molecule is CCOC(=O)c1c(N=Cc2c(O)n(Cc3ccc(OC)cc3)c(=O)c3ccccc23)sc2c1CCC(C)C2. The summed E-state index contributed by atoms with van der Waals surface area (Å²) < 4.78 is 11.9. The quantitative estimate of drug-likeness (QED) is 0.238. The average molecular weight is 531 g/mol. The van der Waals surface area contributed by atoms with Crippen LogP contribution in [0.5, 0.6) is 11.6 Å². The highest BCUT2D eigenvalue weighted by Crippen LogP contribution is 2.41. The lowest BCUT2D eigenvalue weighted by Crippen LogP contribution is -2.22. The summed E-state index contributed by atoms with van der Waals surface area (Å²) in [6, 6.07) is 14.5. The Morgan fingerprint density at radius 3 is 2.63 bits per heavy atom. The van der Waals surface area contributed by atoms with Crippen molar-refractivity contribution in [3.8, 4) is 11.6 Å². The number of rotatable bonds is 7. The second-order valence-electron chi connectivity index (χ2n) is 9.53. The molecule has 0 radical (unpaired) electrons. The number of ether oxygens (including phenoxy) is 2. The van der Waals surface area contributed by atoms with Crippen LogP contribution in [0, 0.1) is 5.92 Å². The third kappa shape index (κ3) is 4.84. The molecule has 38 heavy (non-hydrogen) atoms. The monoisotopic (exact) mass is 530 g/mol. The molecule has 2 aromatic heterocycles. The number of pyridine rings is 1. The summed E-state index contributed by atoms with van der Waals surface area (Å²) >= 11 is 1.50. The van der Waals surface area contributed by atoms with Crippen molar-refractivity contribution in [3.63, 3.8) is 0 Å². The molecule has 0 saturated heterocycles. The van der Waals surface area contributed by atoms with Crippen LogP contribution in [0.2, 0.25) is 0 Å². The van der Waals surface area contributed by atoms with E-state index in [4.69, 9.17) is 14.5 Å². The number of aliphatic imine (C=N–C) groups is 1. The van der Waals surface area contributed by atoms with Crippen LogP contribution in [-0.4, -0.2) is 35.6 Å². The molecular weight excluding hydrogens is 500 g/mol.